The van der Waals surface area contributed by atoms with Crippen LogP contribution in [0.2, 0.25) is 0 Å². The average Bonchev–Trinajstić information content (AvgIpc) is 2.79. The van der Waals surface area contributed by atoms with Crippen LogP contribution in [0.5, 0.6) is 0 Å². The van der Waals surface area contributed by atoms with E-state index in [2.05, 4.69) is 20.7 Å². The first kappa shape index (κ1) is 15.0. The van der Waals surface area contributed by atoms with Gasteiger partial charge < -0.3 is 5.73 Å². The topological polar surface area (TPSA) is 72.2 Å². The molecule has 0 bridgehead atoms. The number of sulfonamides is 1. The fourth-order valence-electron chi connectivity index (χ4n) is 2.53. The Bertz CT molecular complexity index is 560. The zero-order chi connectivity index (χ0) is 14.0. The van der Waals surface area contributed by atoms with Gasteiger partial charge in [-0.3, -0.25) is 0 Å². The summed E-state index contributed by atoms with van der Waals surface area (Å²) < 4.78 is 28.4. The van der Waals surface area contributed by atoms with E-state index in [9.17, 15) is 8.42 Å². The Kier molecular flexibility index (Phi) is 4.66. The first-order valence-corrected chi connectivity index (χ1v) is 8.70. The van der Waals surface area contributed by atoms with Crippen LogP contribution in [-0.2, 0) is 10.0 Å². The third-order valence-corrected chi connectivity index (χ3v) is 6.09. The van der Waals surface area contributed by atoms with Crippen molar-refractivity contribution in [2.75, 3.05) is 6.54 Å². The van der Waals surface area contributed by atoms with Crippen molar-refractivity contribution in [3.8, 4) is 0 Å². The highest BCUT2D eigenvalue weighted by molar-refractivity contribution is 9.10. The van der Waals surface area contributed by atoms with E-state index in [1.165, 1.54) is 0 Å². The number of hydrogen-bond donors (Lipinski definition) is 2. The van der Waals surface area contributed by atoms with E-state index in [4.69, 9.17) is 5.73 Å². The Hall–Kier alpha value is -0.430. The first-order valence-electron chi connectivity index (χ1n) is 6.42. The molecule has 1 aliphatic rings. The maximum absolute atomic E-state index is 12.3. The van der Waals surface area contributed by atoms with Crippen molar-refractivity contribution in [1.82, 2.24) is 4.72 Å². The third-order valence-electron chi connectivity index (χ3n) is 3.71. The number of nitrogens with one attached hydrogen (secondary N) is 1. The highest BCUT2D eigenvalue weighted by atomic mass is 79.9. The van der Waals surface area contributed by atoms with Crippen molar-refractivity contribution < 1.29 is 8.42 Å². The van der Waals surface area contributed by atoms with Gasteiger partial charge in [-0.05, 0) is 56.0 Å². The van der Waals surface area contributed by atoms with Crippen LogP contribution < -0.4 is 10.5 Å². The van der Waals surface area contributed by atoms with Gasteiger partial charge >= 0.3 is 0 Å². The average molecular weight is 347 g/mol. The molecule has 0 aliphatic heterocycles. The van der Waals surface area contributed by atoms with Gasteiger partial charge in [0.05, 0.1) is 4.90 Å². The van der Waals surface area contributed by atoms with Crippen LogP contribution in [0, 0.1) is 12.8 Å². The van der Waals surface area contributed by atoms with E-state index >= 15 is 0 Å². The van der Waals surface area contributed by atoms with Crippen LogP contribution >= 0.6 is 15.9 Å². The van der Waals surface area contributed by atoms with Crippen molar-refractivity contribution in [2.24, 2.45) is 11.7 Å². The molecule has 2 atom stereocenters. The largest absolute Gasteiger partial charge is 0.330 e. The Morgan fingerprint density at radius 3 is 2.79 bits per heavy atom. The molecule has 1 aromatic carbocycles. The molecule has 19 heavy (non-hydrogen) atoms. The van der Waals surface area contributed by atoms with E-state index in [1.807, 2.05) is 6.92 Å². The Morgan fingerprint density at radius 2 is 2.16 bits per heavy atom. The quantitative estimate of drug-likeness (QED) is 0.877. The van der Waals surface area contributed by atoms with Crippen molar-refractivity contribution in [2.45, 2.75) is 37.1 Å². The molecule has 0 spiro atoms. The summed E-state index contributed by atoms with van der Waals surface area (Å²) in [7, 11) is -3.45. The molecule has 1 aromatic rings. The number of aryl methyl sites for hydroxylation is 1. The molecule has 2 rings (SSSR count). The number of rotatable bonds is 4. The van der Waals surface area contributed by atoms with Gasteiger partial charge in [0.15, 0.2) is 0 Å². The van der Waals surface area contributed by atoms with Crippen molar-refractivity contribution in [3.63, 3.8) is 0 Å². The third kappa shape index (κ3) is 3.37. The van der Waals surface area contributed by atoms with Gasteiger partial charge in [0, 0.05) is 10.5 Å². The molecule has 1 aliphatic carbocycles. The van der Waals surface area contributed by atoms with Gasteiger partial charge in [0.2, 0.25) is 10.0 Å². The van der Waals surface area contributed by atoms with E-state index < -0.39 is 10.0 Å². The summed E-state index contributed by atoms with van der Waals surface area (Å²) in [5.74, 6) is 0.256. The molecule has 6 heteroatoms. The molecule has 1 saturated carbocycles. The van der Waals surface area contributed by atoms with Crippen molar-refractivity contribution >= 4 is 26.0 Å². The monoisotopic (exact) mass is 346 g/mol. The second-order valence-electron chi connectivity index (χ2n) is 5.07. The lowest BCUT2D eigenvalue weighted by molar-refractivity contribution is 0.453. The summed E-state index contributed by atoms with van der Waals surface area (Å²) >= 11 is 3.37. The summed E-state index contributed by atoms with van der Waals surface area (Å²) in [5.41, 5.74) is 6.59. The molecule has 0 saturated heterocycles. The zero-order valence-electron chi connectivity index (χ0n) is 10.9. The van der Waals surface area contributed by atoms with Crippen LogP contribution in [0.3, 0.4) is 0 Å². The lowest BCUT2D eigenvalue weighted by Gasteiger charge is -2.19. The maximum atomic E-state index is 12.3. The van der Waals surface area contributed by atoms with Crippen LogP contribution in [0.25, 0.3) is 0 Å². The molecule has 3 N–H and O–H groups in total. The molecule has 0 amide bonds. The fraction of sp³-hybridized carbons (Fsp3) is 0.538. The zero-order valence-corrected chi connectivity index (χ0v) is 13.3. The van der Waals surface area contributed by atoms with E-state index in [1.54, 1.807) is 18.2 Å². The van der Waals surface area contributed by atoms with Gasteiger partial charge in [-0.2, -0.15) is 0 Å². The molecule has 0 aromatic heterocycles. The van der Waals surface area contributed by atoms with Crippen LogP contribution in [-0.4, -0.2) is 21.0 Å². The van der Waals surface area contributed by atoms with Gasteiger partial charge in [-0.1, -0.05) is 22.4 Å². The van der Waals surface area contributed by atoms with Gasteiger partial charge in [0.1, 0.15) is 0 Å². The summed E-state index contributed by atoms with van der Waals surface area (Å²) in [6.07, 6.45) is 2.91. The fourth-order valence-corrected chi connectivity index (χ4v) is 4.20. The minimum absolute atomic E-state index is 0.0287. The summed E-state index contributed by atoms with van der Waals surface area (Å²) in [4.78, 5) is 0.316. The molecule has 0 heterocycles. The van der Waals surface area contributed by atoms with Gasteiger partial charge in [-0.25, -0.2) is 13.1 Å². The summed E-state index contributed by atoms with van der Waals surface area (Å²) in [6, 6.07) is 5.03. The molecule has 106 valence electrons. The van der Waals surface area contributed by atoms with E-state index in [0.717, 1.165) is 29.3 Å². The SMILES string of the molecule is Cc1cc(S(=O)(=O)NC2CCCC2CN)ccc1Br. The van der Waals surface area contributed by atoms with Crippen LogP contribution in [0.1, 0.15) is 24.8 Å². The van der Waals surface area contributed by atoms with Crippen molar-refractivity contribution in [3.05, 3.63) is 28.2 Å². The van der Waals surface area contributed by atoms with Gasteiger partial charge in [0.25, 0.3) is 0 Å². The van der Waals surface area contributed by atoms with E-state index in [-0.39, 0.29) is 12.0 Å². The van der Waals surface area contributed by atoms with E-state index in [0.29, 0.717) is 11.4 Å². The molecular formula is C13H19BrN2O2S. The number of hydrogen-bond acceptors (Lipinski definition) is 3. The number of nitrogens with two attached hydrogens (primary N) is 1. The first-order chi connectivity index (χ1) is 8.94. The van der Waals surface area contributed by atoms with Gasteiger partial charge in [-0.15, -0.1) is 0 Å². The molecule has 2 unspecified atom stereocenters. The lowest BCUT2D eigenvalue weighted by atomic mass is 10.1. The highest BCUT2D eigenvalue weighted by Crippen LogP contribution is 2.27. The minimum Gasteiger partial charge on any atom is -0.330 e. The number of halogens is 1. The second kappa shape index (κ2) is 5.91. The minimum atomic E-state index is -3.45. The second-order valence-corrected chi connectivity index (χ2v) is 7.63. The van der Waals surface area contributed by atoms with Crippen molar-refractivity contribution in [1.29, 1.82) is 0 Å². The maximum Gasteiger partial charge on any atom is 0.240 e. The lowest BCUT2D eigenvalue weighted by Crippen LogP contribution is -2.39. The molecule has 1 fully saturated rings. The Morgan fingerprint density at radius 1 is 1.42 bits per heavy atom. The molecule has 4 nitrogen and oxygen atoms in total. The molecule has 0 radical (unpaired) electrons. The summed E-state index contributed by atoms with van der Waals surface area (Å²) in [5, 5.41) is 0. The number of benzene rings is 1. The predicted molar refractivity (Wildman–Crippen MR) is 79.4 cm³/mol. The normalized spacial score (nSPS) is 23.7. The highest BCUT2D eigenvalue weighted by Gasteiger charge is 2.30. The smallest absolute Gasteiger partial charge is 0.240 e. The Balaban J connectivity index is 2.20. The Labute approximate surface area is 122 Å². The van der Waals surface area contributed by atoms with Crippen LogP contribution in [0.15, 0.2) is 27.6 Å². The predicted octanol–water partition coefficient (Wildman–Crippen LogP) is 2.16. The molecular weight excluding hydrogens is 328 g/mol. The standard InChI is InChI=1S/C13H19BrN2O2S/c1-9-7-11(5-6-12(9)14)19(17,18)16-13-4-2-3-10(13)8-15/h5-7,10,13,16H,2-4,8,15H2,1H3. The van der Waals surface area contributed by atoms with Crippen LogP contribution in [0.4, 0.5) is 0 Å². The summed E-state index contributed by atoms with van der Waals surface area (Å²) in [6.45, 7) is 2.41.